The van der Waals surface area contributed by atoms with Gasteiger partial charge in [-0.25, -0.2) is 8.42 Å². The summed E-state index contributed by atoms with van der Waals surface area (Å²) in [5.41, 5.74) is 1.26. The van der Waals surface area contributed by atoms with Crippen molar-refractivity contribution in [2.75, 3.05) is 32.5 Å². The fourth-order valence-electron chi connectivity index (χ4n) is 2.40. The summed E-state index contributed by atoms with van der Waals surface area (Å²) in [4.78, 5) is 4.85. The van der Waals surface area contributed by atoms with Crippen molar-refractivity contribution < 1.29 is 13.2 Å². The van der Waals surface area contributed by atoms with Crippen molar-refractivity contribution in [1.82, 2.24) is 10.6 Å². The molecule has 0 saturated heterocycles. The molecule has 2 N–H and O–H groups in total. The summed E-state index contributed by atoms with van der Waals surface area (Å²) in [6.45, 7) is 4.54. The van der Waals surface area contributed by atoms with Gasteiger partial charge in [-0.15, -0.1) is 0 Å². The average Bonchev–Trinajstić information content (AvgIpc) is 2.65. The lowest BCUT2D eigenvalue weighted by atomic mass is 10.2. The number of aliphatic imine (C=N–C) groups is 1. The van der Waals surface area contributed by atoms with Crippen LogP contribution in [0.25, 0.3) is 0 Å². The topological polar surface area (TPSA) is 79.8 Å². The molecule has 0 aliphatic rings. The van der Waals surface area contributed by atoms with E-state index in [1.165, 1.54) is 11.8 Å². The molecule has 0 aromatic heterocycles. The molecule has 0 saturated carbocycles. The van der Waals surface area contributed by atoms with Crippen LogP contribution in [0, 0.1) is 0 Å². The first kappa shape index (κ1) is 20.8. The molecule has 7 heteroatoms. The summed E-state index contributed by atoms with van der Waals surface area (Å²) >= 11 is 0. The smallest absolute Gasteiger partial charge is 0.191 e. The molecule has 0 aliphatic carbocycles. The van der Waals surface area contributed by atoms with Crippen LogP contribution < -0.4 is 15.4 Å². The Balaban J connectivity index is 1.76. The maximum absolute atomic E-state index is 11.4. The number of nitrogens with one attached hydrogen (secondary N) is 2. The largest absolute Gasteiger partial charge is 0.492 e. The van der Waals surface area contributed by atoms with Gasteiger partial charge in [0.2, 0.25) is 0 Å². The van der Waals surface area contributed by atoms with Crippen molar-refractivity contribution in [2.45, 2.75) is 18.2 Å². The molecule has 0 unspecified atom stereocenters. The molecule has 0 aliphatic heterocycles. The van der Waals surface area contributed by atoms with Gasteiger partial charge in [-0.3, -0.25) is 4.99 Å². The van der Waals surface area contributed by atoms with Crippen LogP contribution in [-0.4, -0.2) is 46.9 Å². The fourth-order valence-corrected chi connectivity index (χ4v) is 3.04. The van der Waals surface area contributed by atoms with E-state index in [-0.39, 0.29) is 4.90 Å². The van der Waals surface area contributed by atoms with E-state index in [2.05, 4.69) is 27.8 Å². The Labute approximate surface area is 161 Å². The summed E-state index contributed by atoms with van der Waals surface area (Å²) in [6, 6.07) is 16.7. The fraction of sp³-hybridized carbons (Fsp3) is 0.350. The van der Waals surface area contributed by atoms with E-state index >= 15 is 0 Å². The lowest BCUT2D eigenvalue weighted by molar-refractivity contribution is 0.321. The molecule has 0 spiro atoms. The summed E-state index contributed by atoms with van der Waals surface area (Å²) < 4.78 is 28.5. The number of guanidine groups is 1. The van der Waals surface area contributed by atoms with Gasteiger partial charge in [0.1, 0.15) is 12.4 Å². The minimum absolute atomic E-state index is 0.285. The number of nitrogens with zero attached hydrogens (tertiary/aromatic N) is 1. The first-order chi connectivity index (χ1) is 13.0. The van der Waals surface area contributed by atoms with Crippen LogP contribution >= 0.6 is 0 Å². The second kappa shape index (κ2) is 10.6. The van der Waals surface area contributed by atoms with Crippen LogP contribution in [0.4, 0.5) is 0 Å². The monoisotopic (exact) mass is 389 g/mol. The van der Waals surface area contributed by atoms with Crippen molar-refractivity contribution in [2.24, 2.45) is 4.99 Å². The van der Waals surface area contributed by atoms with Gasteiger partial charge < -0.3 is 15.4 Å². The zero-order chi connectivity index (χ0) is 19.5. The molecule has 2 rings (SSSR count). The van der Waals surface area contributed by atoms with Crippen molar-refractivity contribution >= 4 is 15.8 Å². The van der Waals surface area contributed by atoms with Crippen LogP contribution in [0.15, 0.2) is 64.5 Å². The summed E-state index contributed by atoms with van der Waals surface area (Å²) in [5, 5.41) is 6.44. The highest BCUT2D eigenvalue weighted by Gasteiger charge is 2.06. The molecule has 0 radical (unpaired) electrons. The van der Waals surface area contributed by atoms with Gasteiger partial charge in [0, 0.05) is 19.3 Å². The number of ether oxygens (including phenoxy) is 1. The van der Waals surface area contributed by atoms with Gasteiger partial charge in [-0.05, 0) is 43.2 Å². The molecule has 146 valence electrons. The number of benzene rings is 2. The molecule has 2 aromatic carbocycles. The van der Waals surface area contributed by atoms with Crippen LogP contribution in [0.3, 0.4) is 0 Å². The third-order valence-corrected chi connectivity index (χ3v) is 4.90. The molecule has 2 aromatic rings. The van der Waals surface area contributed by atoms with Crippen molar-refractivity contribution in [3.05, 3.63) is 60.2 Å². The predicted octanol–water partition coefficient (Wildman–Crippen LogP) is 2.27. The molecule has 0 fully saturated rings. The SMILES string of the molecule is CCNC(=NCCc1ccccc1)NCCOc1ccc(S(C)(=O)=O)cc1. The molecule has 27 heavy (non-hydrogen) atoms. The minimum atomic E-state index is -3.18. The second-order valence-electron chi connectivity index (χ2n) is 6.02. The van der Waals surface area contributed by atoms with E-state index in [1.807, 2.05) is 25.1 Å². The molecular weight excluding hydrogens is 362 g/mol. The number of rotatable bonds is 9. The minimum Gasteiger partial charge on any atom is -0.492 e. The van der Waals surface area contributed by atoms with Crippen LogP contribution in [0.5, 0.6) is 5.75 Å². The Bertz CT molecular complexity index is 819. The van der Waals surface area contributed by atoms with Gasteiger partial charge in [-0.2, -0.15) is 0 Å². The van der Waals surface area contributed by atoms with Crippen LogP contribution in [0.1, 0.15) is 12.5 Å². The Kier molecular flexibility index (Phi) is 8.13. The van der Waals surface area contributed by atoms with Crippen molar-refractivity contribution in [3.8, 4) is 5.75 Å². The first-order valence-electron chi connectivity index (χ1n) is 8.98. The van der Waals surface area contributed by atoms with Gasteiger partial charge in [0.05, 0.1) is 11.4 Å². The number of hydrogen-bond acceptors (Lipinski definition) is 4. The highest BCUT2D eigenvalue weighted by molar-refractivity contribution is 7.90. The molecule has 6 nitrogen and oxygen atoms in total. The molecule has 0 bridgehead atoms. The number of hydrogen-bond donors (Lipinski definition) is 2. The normalized spacial score (nSPS) is 11.9. The molecule has 0 atom stereocenters. The Hall–Kier alpha value is -2.54. The summed E-state index contributed by atoms with van der Waals surface area (Å²) in [7, 11) is -3.18. The zero-order valence-electron chi connectivity index (χ0n) is 15.8. The first-order valence-corrected chi connectivity index (χ1v) is 10.9. The van der Waals surface area contributed by atoms with Crippen molar-refractivity contribution in [1.29, 1.82) is 0 Å². The summed E-state index contributed by atoms with van der Waals surface area (Å²) in [6.07, 6.45) is 2.08. The van der Waals surface area contributed by atoms with Gasteiger partial charge in [0.25, 0.3) is 0 Å². The average molecular weight is 390 g/mol. The quantitative estimate of drug-likeness (QED) is 0.391. The third kappa shape index (κ3) is 7.70. The predicted molar refractivity (Wildman–Crippen MR) is 109 cm³/mol. The van der Waals surface area contributed by atoms with Crippen LogP contribution in [0.2, 0.25) is 0 Å². The van der Waals surface area contributed by atoms with E-state index < -0.39 is 9.84 Å². The summed E-state index contributed by atoms with van der Waals surface area (Å²) in [5.74, 6) is 1.39. The van der Waals surface area contributed by atoms with E-state index in [0.717, 1.165) is 18.9 Å². The van der Waals surface area contributed by atoms with Gasteiger partial charge in [-0.1, -0.05) is 30.3 Å². The maximum Gasteiger partial charge on any atom is 0.191 e. The highest BCUT2D eigenvalue weighted by Crippen LogP contribution is 2.15. The standard InChI is InChI=1S/C20H27N3O3S/c1-3-21-20(22-14-13-17-7-5-4-6-8-17)23-15-16-26-18-9-11-19(12-10-18)27(2,24)25/h4-12H,3,13-16H2,1-2H3,(H2,21,22,23). The van der Waals surface area contributed by atoms with Gasteiger partial charge in [0.15, 0.2) is 15.8 Å². The maximum atomic E-state index is 11.4. The Morgan fingerprint density at radius 1 is 1.04 bits per heavy atom. The van der Waals surface area contributed by atoms with E-state index in [9.17, 15) is 8.42 Å². The van der Waals surface area contributed by atoms with E-state index in [0.29, 0.717) is 25.4 Å². The lowest BCUT2D eigenvalue weighted by Crippen LogP contribution is -2.39. The molecule has 0 amide bonds. The molecule has 0 heterocycles. The number of sulfone groups is 1. The third-order valence-electron chi connectivity index (χ3n) is 3.77. The zero-order valence-corrected chi connectivity index (χ0v) is 16.6. The lowest BCUT2D eigenvalue weighted by Gasteiger charge is -2.12. The van der Waals surface area contributed by atoms with Crippen molar-refractivity contribution in [3.63, 3.8) is 0 Å². The van der Waals surface area contributed by atoms with Crippen LogP contribution in [-0.2, 0) is 16.3 Å². The Morgan fingerprint density at radius 2 is 1.74 bits per heavy atom. The van der Waals surface area contributed by atoms with Gasteiger partial charge >= 0.3 is 0 Å². The molecular formula is C20H27N3O3S. The van der Waals surface area contributed by atoms with E-state index in [1.54, 1.807) is 24.3 Å². The second-order valence-corrected chi connectivity index (χ2v) is 8.03. The van der Waals surface area contributed by atoms with E-state index in [4.69, 9.17) is 4.74 Å². The highest BCUT2D eigenvalue weighted by atomic mass is 32.2. The Morgan fingerprint density at radius 3 is 2.37 bits per heavy atom.